The molecular formula is C24H31FN2O5S2. The minimum atomic E-state index is -3.23. The Morgan fingerprint density at radius 3 is 2.47 bits per heavy atom. The Labute approximate surface area is 205 Å². The lowest BCUT2D eigenvalue weighted by molar-refractivity contribution is -0.137. The van der Waals surface area contributed by atoms with Crippen LogP contribution in [0, 0.1) is 5.41 Å². The average molecular weight is 511 g/mol. The molecule has 0 radical (unpaired) electrons. The van der Waals surface area contributed by atoms with Crippen LogP contribution >= 0.6 is 22.4 Å². The first-order valence-electron chi connectivity index (χ1n) is 10.8. The van der Waals surface area contributed by atoms with Gasteiger partial charge in [0.2, 0.25) is 5.83 Å². The van der Waals surface area contributed by atoms with Crippen LogP contribution in [-0.2, 0) is 9.53 Å². The predicted octanol–water partition coefficient (Wildman–Crippen LogP) is 6.42. The van der Waals surface area contributed by atoms with Crippen LogP contribution in [0.3, 0.4) is 0 Å². The Kier molecular flexibility index (Phi) is 8.07. The summed E-state index contributed by atoms with van der Waals surface area (Å²) in [6, 6.07) is 10.8. The van der Waals surface area contributed by atoms with Gasteiger partial charge < -0.3 is 20.1 Å². The number of hydrogen-bond donors (Lipinski definition) is 3. The van der Waals surface area contributed by atoms with E-state index in [9.17, 15) is 18.3 Å². The highest BCUT2D eigenvalue weighted by Crippen LogP contribution is 2.61. The summed E-state index contributed by atoms with van der Waals surface area (Å²) in [4.78, 5) is 14.4. The first kappa shape index (κ1) is 26.2. The Morgan fingerprint density at radius 1 is 1.26 bits per heavy atom. The third-order valence-corrected chi connectivity index (χ3v) is 9.07. The number of carbonyl (C=O) groups excluding carboxylic acids is 1. The highest BCUT2D eigenvalue weighted by Gasteiger charge is 2.41. The number of halogens is 1. The van der Waals surface area contributed by atoms with Crippen LogP contribution in [0.5, 0.6) is 5.75 Å². The number of benzene rings is 2. The van der Waals surface area contributed by atoms with E-state index in [2.05, 4.69) is 23.5 Å². The van der Waals surface area contributed by atoms with Gasteiger partial charge in [0.25, 0.3) is 0 Å². The standard InChI is InChI=1S/C24H31FN2O5S2/c1-5-24(6-2)14-27(17-9-7-16(26)8-10-17)19-11-21(33-4)20(12-22(19)34(29,30)15-24)32-13-18(25)23(28)31-3/h7-13,29-30H,5-6,14-15,26H2,1-4H3/b18-13-. The lowest BCUT2D eigenvalue weighted by Crippen LogP contribution is -2.36. The van der Waals surface area contributed by atoms with E-state index in [1.807, 2.05) is 36.6 Å². The van der Waals surface area contributed by atoms with Gasteiger partial charge in [-0.3, -0.25) is 9.11 Å². The van der Waals surface area contributed by atoms with Gasteiger partial charge in [-0.25, -0.2) is 4.79 Å². The van der Waals surface area contributed by atoms with Crippen molar-refractivity contribution in [1.82, 2.24) is 0 Å². The lowest BCUT2D eigenvalue weighted by atomic mass is 9.83. The van der Waals surface area contributed by atoms with Crippen LogP contribution in [0.2, 0.25) is 0 Å². The number of anilines is 3. The highest BCUT2D eigenvalue weighted by atomic mass is 32.3. The molecule has 2 aromatic carbocycles. The molecule has 0 bridgehead atoms. The molecule has 1 heterocycles. The van der Waals surface area contributed by atoms with Crippen molar-refractivity contribution in [2.24, 2.45) is 5.41 Å². The number of hydrogen-bond acceptors (Lipinski definition) is 8. The van der Waals surface area contributed by atoms with E-state index in [1.54, 1.807) is 0 Å². The minimum Gasteiger partial charge on any atom is -0.464 e. The summed E-state index contributed by atoms with van der Waals surface area (Å²) in [6.45, 7) is 4.69. The van der Waals surface area contributed by atoms with Crippen LogP contribution < -0.4 is 15.4 Å². The van der Waals surface area contributed by atoms with E-state index in [0.717, 1.165) is 25.6 Å². The molecule has 4 N–H and O–H groups in total. The number of carbonyl (C=O) groups is 1. The molecule has 0 spiro atoms. The largest absolute Gasteiger partial charge is 0.464 e. The molecule has 10 heteroatoms. The zero-order chi connectivity index (χ0) is 25.1. The molecule has 0 atom stereocenters. The second-order valence-electron chi connectivity index (χ2n) is 8.24. The van der Waals surface area contributed by atoms with Gasteiger partial charge in [-0.2, -0.15) is 15.0 Å². The zero-order valence-electron chi connectivity index (χ0n) is 19.7. The molecule has 7 nitrogen and oxygen atoms in total. The monoisotopic (exact) mass is 510 g/mol. The van der Waals surface area contributed by atoms with Gasteiger partial charge >= 0.3 is 5.97 Å². The maximum absolute atomic E-state index is 13.9. The Bertz CT molecular complexity index is 1070. The number of ether oxygens (including phenoxy) is 2. The molecule has 0 saturated heterocycles. The van der Waals surface area contributed by atoms with Crippen LogP contribution in [0.1, 0.15) is 26.7 Å². The summed E-state index contributed by atoms with van der Waals surface area (Å²) in [5, 5.41) is 0. The van der Waals surface area contributed by atoms with Gasteiger partial charge in [0.05, 0.1) is 22.6 Å². The molecule has 1 aliphatic rings. The Balaban J connectivity index is 2.21. The molecule has 3 rings (SSSR count). The van der Waals surface area contributed by atoms with Gasteiger partial charge in [0, 0.05) is 35.2 Å². The molecular weight excluding hydrogens is 479 g/mol. The van der Waals surface area contributed by atoms with E-state index < -0.39 is 22.4 Å². The SMILES string of the molecule is CCC1(CC)CN(c2ccc(N)cc2)c2cc(SC)c(O/C=C(\F)C(=O)OC)cc2S(O)(O)C1. The van der Waals surface area contributed by atoms with Crippen LogP contribution in [0.4, 0.5) is 21.5 Å². The summed E-state index contributed by atoms with van der Waals surface area (Å²) in [5.74, 6) is -1.95. The average Bonchev–Trinajstić information content (AvgIpc) is 2.93. The third-order valence-electron chi connectivity index (χ3n) is 6.26. The number of esters is 1. The zero-order valence-corrected chi connectivity index (χ0v) is 21.3. The smallest absolute Gasteiger partial charge is 0.370 e. The van der Waals surface area contributed by atoms with Crippen molar-refractivity contribution >= 4 is 45.4 Å². The number of methoxy groups -OCH3 is 1. The molecule has 34 heavy (non-hydrogen) atoms. The normalized spacial score (nSPS) is 18.0. The Hall–Kier alpha value is -2.40. The second kappa shape index (κ2) is 10.5. The highest BCUT2D eigenvalue weighted by molar-refractivity contribution is 8.24. The van der Waals surface area contributed by atoms with Crippen molar-refractivity contribution in [3.63, 3.8) is 0 Å². The van der Waals surface area contributed by atoms with E-state index in [0.29, 0.717) is 34.0 Å². The maximum Gasteiger partial charge on any atom is 0.370 e. The van der Waals surface area contributed by atoms with Crippen molar-refractivity contribution in [3.05, 3.63) is 48.5 Å². The minimum absolute atomic E-state index is 0.190. The molecule has 1 aliphatic heterocycles. The number of nitrogens with zero attached hydrogens (tertiary/aromatic N) is 1. The number of nitrogen functional groups attached to an aromatic ring is 1. The summed E-state index contributed by atoms with van der Waals surface area (Å²) in [5.41, 5.74) is 7.70. The van der Waals surface area contributed by atoms with Gasteiger partial charge in [0.1, 0.15) is 12.0 Å². The summed E-state index contributed by atoms with van der Waals surface area (Å²) in [7, 11) is -2.16. The first-order chi connectivity index (χ1) is 16.1. The molecule has 0 unspecified atom stereocenters. The van der Waals surface area contributed by atoms with Crippen molar-refractivity contribution in [2.45, 2.75) is 36.5 Å². The van der Waals surface area contributed by atoms with E-state index in [4.69, 9.17) is 10.5 Å². The topological polar surface area (TPSA) is 105 Å². The molecule has 0 amide bonds. The number of fused-ring (bicyclic) bond motifs is 1. The fraction of sp³-hybridized carbons (Fsp3) is 0.375. The fourth-order valence-electron chi connectivity index (χ4n) is 4.05. The van der Waals surface area contributed by atoms with Gasteiger partial charge in [-0.1, -0.05) is 13.8 Å². The quantitative estimate of drug-likeness (QED) is 0.129. The molecule has 0 fully saturated rings. The molecule has 186 valence electrons. The Morgan fingerprint density at radius 2 is 1.91 bits per heavy atom. The maximum atomic E-state index is 13.9. The molecule has 0 aromatic heterocycles. The van der Waals surface area contributed by atoms with Crippen LogP contribution in [0.15, 0.2) is 58.3 Å². The molecule has 0 aliphatic carbocycles. The van der Waals surface area contributed by atoms with E-state index in [1.165, 1.54) is 17.8 Å². The van der Waals surface area contributed by atoms with Gasteiger partial charge in [0.15, 0.2) is 0 Å². The summed E-state index contributed by atoms with van der Waals surface area (Å²) >= 11 is 1.36. The van der Waals surface area contributed by atoms with Gasteiger partial charge in [-0.15, -0.1) is 11.8 Å². The summed E-state index contributed by atoms with van der Waals surface area (Å²) < 4.78 is 46.5. The second-order valence-corrected chi connectivity index (χ2v) is 11.2. The van der Waals surface area contributed by atoms with Crippen molar-refractivity contribution in [1.29, 1.82) is 0 Å². The van der Waals surface area contributed by atoms with Crippen molar-refractivity contribution in [3.8, 4) is 5.75 Å². The van der Waals surface area contributed by atoms with Crippen molar-refractivity contribution < 1.29 is 27.8 Å². The predicted molar refractivity (Wildman–Crippen MR) is 137 cm³/mol. The number of rotatable bonds is 7. The summed E-state index contributed by atoms with van der Waals surface area (Å²) in [6.07, 6.45) is 4.00. The number of nitrogens with two attached hydrogens (primary N) is 1. The van der Waals surface area contributed by atoms with E-state index in [-0.39, 0.29) is 16.9 Å². The van der Waals surface area contributed by atoms with E-state index >= 15 is 0 Å². The van der Waals surface area contributed by atoms with Crippen LogP contribution in [-0.4, -0.2) is 40.7 Å². The molecule has 0 saturated carbocycles. The number of thioether (sulfide) groups is 1. The van der Waals surface area contributed by atoms with Crippen molar-refractivity contribution in [2.75, 3.05) is 36.3 Å². The van der Waals surface area contributed by atoms with Crippen LogP contribution in [0.25, 0.3) is 0 Å². The third kappa shape index (κ3) is 5.30. The lowest BCUT2D eigenvalue weighted by Gasteiger charge is -2.40. The van der Waals surface area contributed by atoms with Gasteiger partial charge in [-0.05, 0) is 49.4 Å². The fourth-order valence-corrected chi connectivity index (χ4v) is 6.90. The molecule has 2 aromatic rings. The first-order valence-corrected chi connectivity index (χ1v) is 13.8.